The van der Waals surface area contributed by atoms with Crippen molar-refractivity contribution in [2.24, 2.45) is 0 Å². The van der Waals surface area contributed by atoms with Crippen molar-refractivity contribution < 1.29 is 9.90 Å². The van der Waals surface area contributed by atoms with Crippen LogP contribution in [-0.2, 0) is 11.3 Å². The van der Waals surface area contributed by atoms with Gasteiger partial charge in [-0.25, -0.2) is 0 Å². The van der Waals surface area contributed by atoms with E-state index >= 15 is 0 Å². The van der Waals surface area contributed by atoms with Gasteiger partial charge in [-0.3, -0.25) is 9.48 Å². The predicted octanol–water partition coefficient (Wildman–Crippen LogP) is 4.92. The summed E-state index contributed by atoms with van der Waals surface area (Å²) in [6.45, 7) is 2.18. The number of carbonyl (C=O) groups excluding carboxylic acids is 1. The molecule has 28 heavy (non-hydrogen) atoms. The molecule has 1 saturated carbocycles. The van der Waals surface area contributed by atoms with Crippen LogP contribution >= 0.6 is 0 Å². The lowest BCUT2D eigenvalue weighted by Gasteiger charge is -2.12. The first-order chi connectivity index (χ1) is 13.6. The van der Waals surface area contributed by atoms with E-state index in [-0.39, 0.29) is 11.7 Å². The number of amides is 1. The third kappa shape index (κ3) is 3.93. The van der Waals surface area contributed by atoms with Crippen LogP contribution in [0.4, 0.5) is 5.69 Å². The van der Waals surface area contributed by atoms with Crippen LogP contribution in [-0.4, -0.2) is 20.8 Å². The normalized spacial score (nSPS) is 14.3. The number of anilines is 1. The first-order valence-electron chi connectivity index (χ1n) is 9.83. The molecule has 1 heterocycles. The quantitative estimate of drug-likeness (QED) is 0.622. The highest BCUT2D eigenvalue weighted by atomic mass is 16.3. The van der Waals surface area contributed by atoms with Gasteiger partial charge in [0.25, 0.3) is 0 Å². The second-order valence-corrected chi connectivity index (χ2v) is 7.49. The molecule has 0 unspecified atom stereocenters. The van der Waals surface area contributed by atoms with Crippen LogP contribution in [0.5, 0.6) is 5.75 Å². The molecule has 3 aromatic rings. The maximum atomic E-state index is 11.4. The van der Waals surface area contributed by atoms with Crippen molar-refractivity contribution in [1.82, 2.24) is 9.78 Å². The zero-order chi connectivity index (χ0) is 19.5. The summed E-state index contributed by atoms with van der Waals surface area (Å²) in [5, 5.41) is 18.0. The minimum atomic E-state index is -0.141. The standard InChI is InChI=1S/C23H25N3O2/c1-16(27)24-19-11-12-23(28)20(13-19)21-14-22(18-9-5-6-10-18)26(25-21)15-17-7-3-2-4-8-17/h2-4,7-8,11-14,18,28H,5-6,9-10,15H2,1H3,(H,24,27). The van der Waals surface area contributed by atoms with E-state index in [9.17, 15) is 9.90 Å². The molecule has 0 aliphatic heterocycles. The summed E-state index contributed by atoms with van der Waals surface area (Å²) >= 11 is 0. The van der Waals surface area contributed by atoms with Gasteiger partial charge in [0, 0.05) is 29.8 Å². The van der Waals surface area contributed by atoms with Gasteiger partial charge < -0.3 is 10.4 Å². The van der Waals surface area contributed by atoms with Gasteiger partial charge in [0.1, 0.15) is 5.75 Å². The average molecular weight is 375 g/mol. The van der Waals surface area contributed by atoms with Crippen LogP contribution in [0.3, 0.4) is 0 Å². The Morgan fingerprint density at radius 1 is 1.14 bits per heavy atom. The maximum absolute atomic E-state index is 11.4. The van der Waals surface area contributed by atoms with Gasteiger partial charge in [-0.1, -0.05) is 43.2 Å². The Bertz CT molecular complexity index is 973. The molecule has 0 atom stereocenters. The highest BCUT2D eigenvalue weighted by molar-refractivity contribution is 5.90. The number of aromatic nitrogens is 2. The lowest BCUT2D eigenvalue weighted by molar-refractivity contribution is -0.114. The third-order valence-electron chi connectivity index (χ3n) is 5.35. The summed E-state index contributed by atoms with van der Waals surface area (Å²) in [7, 11) is 0. The van der Waals surface area contributed by atoms with E-state index in [0.29, 0.717) is 23.7 Å². The molecule has 5 nitrogen and oxygen atoms in total. The fourth-order valence-corrected chi connectivity index (χ4v) is 4.02. The molecular weight excluding hydrogens is 350 g/mol. The topological polar surface area (TPSA) is 67.2 Å². The van der Waals surface area contributed by atoms with E-state index < -0.39 is 0 Å². The molecule has 1 aliphatic rings. The van der Waals surface area contributed by atoms with Crippen molar-refractivity contribution in [2.75, 3.05) is 5.32 Å². The average Bonchev–Trinajstić information content (AvgIpc) is 3.33. The Kier molecular flexibility index (Phi) is 5.15. The van der Waals surface area contributed by atoms with Gasteiger partial charge in [0.2, 0.25) is 5.91 Å². The zero-order valence-electron chi connectivity index (χ0n) is 16.1. The van der Waals surface area contributed by atoms with Gasteiger partial charge in [0.05, 0.1) is 12.2 Å². The second-order valence-electron chi connectivity index (χ2n) is 7.49. The predicted molar refractivity (Wildman–Crippen MR) is 110 cm³/mol. The van der Waals surface area contributed by atoms with Crippen molar-refractivity contribution in [3.8, 4) is 17.0 Å². The largest absolute Gasteiger partial charge is 0.507 e. The van der Waals surface area contributed by atoms with Gasteiger partial charge in [-0.05, 0) is 42.7 Å². The van der Waals surface area contributed by atoms with E-state index in [0.717, 1.165) is 5.69 Å². The van der Waals surface area contributed by atoms with Crippen molar-refractivity contribution in [2.45, 2.75) is 45.1 Å². The summed E-state index contributed by atoms with van der Waals surface area (Å²) in [6.07, 6.45) is 4.86. The first kappa shape index (κ1) is 18.3. The SMILES string of the molecule is CC(=O)Nc1ccc(O)c(-c2cc(C3CCCC3)n(Cc3ccccc3)n2)c1. The first-order valence-corrected chi connectivity index (χ1v) is 9.83. The summed E-state index contributed by atoms with van der Waals surface area (Å²) < 4.78 is 2.07. The molecule has 2 N–H and O–H groups in total. The smallest absolute Gasteiger partial charge is 0.221 e. The Morgan fingerprint density at radius 3 is 2.61 bits per heavy atom. The number of nitrogens with one attached hydrogen (secondary N) is 1. The van der Waals surface area contributed by atoms with Gasteiger partial charge in [0.15, 0.2) is 0 Å². The van der Waals surface area contributed by atoms with Crippen LogP contribution < -0.4 is 5.32 Å². The molecule has 2 aromatic carbocycles. The van der Waals surface area contributed by atoms with E-state index in [4.69, 9.17) is 5.10 Å². The molecule has 144 valence electrons. The number of phenolic OH excluding ortho intramolecular Hbond substituents is 1. The molecule has 0 radical (unpaired) electrons. The lowest BCUT2D eigenvalue weighted by atomic mass is 10.0. The van der Waals surface area contributed by atoms with Gasteiger partial charge >= 0.3 is 0 Å². The highest BCUT2D eigenvalue weighted by Crippen LogP contribution is 2.38. The molecule has 1 aliphatic carbocycles. The Labute approximate surface area is 165 Å². The summed E-state index contributed by atoms with van der Waals surface area (Å²) in [6, 6.07) is 17.5. The maximum Gasteiger partial charge on any atom is 0.221 e. The molecule has 0 spiro atoms. The van der Waals surface area contributed by atoms with Crippen LogP contribution in [0.1, 0.15) is 49.8 Å². The Hall–Kier alpha value is -3.08. The third-order valence-corrected chi connectivity index (χ3v) is 5.35. The van der Waals surface area contributed by atoms with Crippen LogP contribution in [0.25, 0.3) is 11.3 Å². The number of rotatable bonds is 5. The molecule has 5 heteroatoms. The van der Waals surface area contributed by atoms with Crippen LogP contribution in [0.15, 0.2) is 54.6 Å². The monoisotopic (exact) mass is 375 g/mol. The molecule has 0 bridgehead atoms. The number of phenols is 1. The Morgan fingerprint density at radius 2 is 1.89 bits per heavy atom. The number of benzene rings is 2. The summed E-state index contributed by atoms with van der Waals surface area (Å²) in [5.41, 5.74) is 4.45. The minimum absolute atomic E-state index is 0.141. The summed E-state index contributed by atoms with van der Waals surface area (Å²) in [5.74, 6) is 0.528. The van der Waals surface area contributed by atoms with Crippen molar-refractivity contribution in [3.05, 3.63) is 65.9 Å². The van der Waals surface area contributed by atoms with Crippen LogP contribution in [0, 0.1) is 0 Å². The number of hydrogen-bond donors (Lipinski definition) is 2. The van der Waals surface area contributed by atoms with Gasteiger partial charge in [-0.15, -0.1) is 0 Å². The van der Waals surface area contributed by atoms with Crippen molar-refractivity contribution >= 4 is 11.6 Å². The fraction of sp³-hybridized carbons (Fsp3) is 0.304. The Balaban J connectivity index is 1.73. The molecular formula is C23H25N3O2. The molecule has 4 rings (SSSR count). The highest BCUT2D eigenvalue weighted by Gasteiger charge is 2.23. The van der Waals surface area contributed by atoms with Gasteiger partial charge in [-0.2, -0.15) is 5.10 Å². The fourth-order valence-electron chi connectivity index (χ4n) is 4.02. The van der Waals surface area contributed by atoms with Crippen molar-refractivity contribution in [3.63, 3.8) is 0 Å². The van der Waals surface area contributed by atoms with Crippen molar-refractivity contribution in [1.29, 1.82) is 0 Å². The van der Waals surface area contributed by atoms with Crippen LogP contribution in [0.2, 0.25) is 0 Å². The zero-order valence-corrected chi connectivity index (χ0v) is 16.1. The molecule has 0 saturated heterocycles. The summed E-state index contributed by atoms with van der Waals surface area (Å²) in [4.78, 5) is 11.4. The molecule has 1 aromatic heterocycles. The number of carbonyl (C=O) groups is 1. The van der Waals surface area contributed by atoms with E-state index in [1.807, 2.05) is 18.2 Å². The second kappa shape index (κ2) is 7.89. The van der Waals surface area contributed by atoms with E-state index in [1.54, 1.807) is 18.2 Å². The number of aromatic hydroxyl groups is 1. The minimum Gasteiger partial charge on any atom is -0.507 e. The molecule has 1 fully saturated rings. The van der Waals surface area contributed by atoms with E-state index in [2.05, 4.69) is 28.2 Å². The number of nitrogens with zero attached hydrogens (tertiary/aromatic N) is 2. The number of hydrogen-bond acceptors (Lipinski definition) is 3. The lowest BCUT2D eigenvalue weighted by Crippen LogP contribution is -2.08. The van der Waals surface area contributed by atoms with E-state index in [1.165, 1.54) is 43.9 Å². The molecule has 1 amide bonds.